The summed E-state index contributed by atoms with van der Waals surface area (Å²) >= 11 is 1.49. The maximum absolute atomic E-state index is 4.70. The molecule has 14 aromatic carbocycles. The van der Waals surface area contributed by atoms with Gasteiger partial charge in [0.05, 0.1) is 50.5 Å². The first-order chi connectivity index (χ1) is 59.1. The van der Waals surface area contributed by atoms with Crippen molar-refractivity contribution in [3.63, 3.8) is 0 Å². The summed E-state index contributed by atoms with van der Waals surface area (Å²) in [4.78, 5) is 22.0. The quantitative estimate of drug-likeness (QED) is 0.134. The Bertz CT molecular complexity index is 6240. The Morgan fingerprint density at radius 3 is 0.840 bits per heavy atom. The van der Waals surface area contributed by atoms with Crippen molar-refractivity contribution >= 4 is 33.4 Å². The summed E-state index contributed by atoms with van der Waals surface area (Å²) in [6, 6.07) is 122. The number of benzene rings is 14. The number of hydrogen-bond donors (Lipinski definition) is 0. The summed E-state index contributed by atoms with van der Waals surface area (Å²) in [5.41, 5.74) is 51.1. The van der Waals surface area contributed by atoms with Crippen LogP contribution in [0.15, 0.2) is 404 Å². The molecule has 28 rings (SSSR count). The van der Waals surface area contributed by atoms with Crippen molar-refractivity contribution in [2.45, 2.75) is 36.5 Å². The van der Waals surface area contributed by atoms with Gasteiger partial charge in [0, 0.05) is 12.4 Å². The van der Waals surface area contributed by atoms with Gasteiger partial charge in [-0.3, -0.25) is 9.97 Å². The Balaban J connectivity index is 0.0000000889. The molecule has 0 radical (unpaired) electrons. The molecule has 8 aliphatic rings. The monoisotopic (exact) mass is 1550 g/mol. The molecule has 0 amide bonds. The predicted molar refractivity (Wildman–Crippen MR) is 475 cm³/mol. The van der Waals surface area contributed by atoms with E-state index in [9.17, 15) is 0 Å². The SMILES string of the molecule is c1ccc2c(c1)-c1ccccc1C21c2ccccc2-c2ccccc21.c1ccc2c(c1)-c1ccccc1C21c2cccnc2-c2ncccc21.c1ccc2c(c1)Cc1c-2ccc2c1Cc1ccccc1-2.c1ccc2c(c1)Cc1cc3c(cc1-2)Cc1ccccc1-3.c1ccc2nc3ccccc3nc2c1.c1cocn1.c1nnco1.c1nncs1. The fourth-order valence-electron chi connectivity index (χ4n) is 19.4. The number of para-hydroxylation sites is 4. The standard InChI is InChI=1S/C25H16.C23H14N2.2C20H14.C12H8N2.C3H3NO.C2H2N2O.C2H2N2S/c1-5-13-21-17(9-1)18-10-2-6-14-22(18)25(21)23-15-7-3-11-19(23)20-12-4-8-16-24(20)25;1-3-9-17-15(7-1)16-8-2-4-10-18(16)23(17)19-11-5-13-24-21(19)22-20(23)12-6-14-25-22;1-3-7-17-13(5-1)9-15-11-20-16(12-19(15)17)10-14-6-2-4-8-18(14)20;1-3-7-15-13(5-1)11-19-17(15)9-10-18-16-8-4-2-6-14(16)12-20(18)19;1-2-6-10-9(5-1)13-11-7-3-4-8-12(11)14-10;1-2-5-3-4-1;2*1-3-4-2-5-1/h1-16H;1-14H;1-8,11-12H,9-10H2;1-10H,11-12H2;1-8H;1-3H;2*1-2H. The molecule has 0 fully saturated rings. The highest BCUT2D eigenvalue weighted by Gasteiger charge is 2.54. The molecule has 0 bridgehead atoms. The summed E-state index contributed by atoms with van der Waals surface area (Å²) in [5.74, 6) is 0. The van der Waals surface area contributed by atoms with Crippen molar-refractivity contribution in [2.24, 2.45) is 0 Å². The predicted octanol–water partition coefficient (Wildman–Crippen LogP) is 24.6. The van der Waals surface area contributed by atoms with E-state index in [4.69, 9.17) is 9.97 Å². The minimum absolute atomic E-state index is 0.180. The van der Waals surface area contributed by atoms with E-state index in [1.807, 2.05) is 73.1 Å². The molecule has 0 aliphatic heterocycles. The first-order valence-electron chi connectivity index (χ1n) is 40.0. The van der Waals surface area contributed by atoms with Crippen molar-refractivity contribution in [3.05, 3.63) is 484 Å². The Kier molecular flexibility index (Phi) is 18.6. The summed E-state index contributed by atoms with van der Waals surface area (Å²) in [5, 5.41) is 13.6. The minimum atomic E-state index is -0.305. The number of aromatic nitrogens is 9. The Morgan fingerprint density at radius 1 is 0.235 bits per heavy atom. The number of fused-ring (bicyclic) bond motifs is 35. The van der Waals surface area contributed by atoms with Crippen molar-refractivity contribution < 1.29 is 8.83 Å². The zero-order valence-electron chi connectivity index (χ0n) is 64.6. The lowest BCUT2D eigenvalue weighted by molar-refractivity contribution is 0.553. The van der Waals surface area contributed by atoms with Gasteiger partial charge < -0.3 is 8.83 Å². The van der Waals surface area contributed by atoms with Crippen LogP contribution in [0.5, 0.6) is 0 Å². The van der Waals surface area contributed by atoms with E-state index in [0.717, 1.165) is 59.1 Å². The molecule has 0 saturated heterocycles. The highest BCUT2D eigenvalue weighted by Crippen LogP contribution is 2.64. The van der Waals surface area contributed by atoms with Gasteiger partial charge in [-0.15, -0.1) is 31.7 Å². The lowest BCUT2D eigenvalue weighted by Crippen LogP contribution is -2.25. The van der Waals surface area contributed by atoms with Gasteiger partial charge in [-0.2, -0.15) is 0 Å². The average Bonchev–Trinajstić information content (AvgIpc) is 1.52. The Hall–Kier alpha value is -15.1. The first-order valence-corrected chi connectivity index (χ1v) is 41.0. The molecule has 12 heteroatoms. The third kappa shape index (κ3) is 12.4. The summed E-state index contributed by atoms with van der Waals surface area (Å²) in [7, 11) is 0. The Labute approximate surface area is 692 Å². The van der Waals surface area contributed by atoms with Crippen LogP contribution in [0.4, 0.5) is 0 Å². The molecule has 11 nitrogen and oxygen atoms in total. The molecule has 6 heterocycles. The van der Waals surface area contributed by atoms with Crippen LogP contribution in [-0.2, 0) is 36.5 Å². The van der Waals surface area contributed by atoms with Crippen LogP contribution in [0.25, 0.3) is 111 Å². The molecule has 6 aromatic heterocycles. The number of rotatable bonds is 0. The number of oxazole rings is 1. The largest absolute Gasteiger partial charge is 0.452 e. The zero-order chi connectivity index (χ0) is 79.1. The molecule has 0 unspecified atom stereocenters. The van der Waals surface area contributed by atoms with Crippen molar-refractivity contribution in [2.75, 3.05) is 0 Å². The third-order valence-electron chi connectivity index (χ3n) is 24.1. The van der Waals surface area contributed by atoms with E-state index in [1.165, 1.54) is 193 Å². The van der Waals surface area contributed by atoms with Gasteiger partial charge in [0.15, 0.2) is 6.39 Å². The van der Waals surface area contributed by atoms with Crippen molar-refractivity contribution in [3.8, 4) is 89.3 Å². The van der Waals surface area contributed by atoms with E-state index in [-0.39, 0.29) is 10.8 Å². The third-order valence-corrected chi connectivity index (χ3v) is 24.6. The van der Waals surface area contributed by atoms with Gasteiger partial charge in [0.1, 0.15) is 17.3 Å². The van der Waals surface area contributed by atoms with E-state index in [0.29, 0.717) is 0 Å². The van der Waals surface area contributed by atoms with Crippen LogP contribution < -0.4 is 0 Å². The molecule has 564 valence electrons. The van der Waals surface area contributed by atoms with E-state index < -0.39 is 0 Å². The van der Waals surface area contributed by atoms with E-state index in [2.05, 4.69) is 323 Å². The second kappa shape index (κ2) is 30.9. The van der Waals surface area contributed by atoms with Gasteiger partial charge >= 0.3 is 0 Å². The lowest BCUT2D eigenvalue weighted by atomic mass is 9.70. The molecule has 8 aliphatic carbocycles. The zero-order valence-corrected chi connectivity index (χ0v) is 65.4. The molecular weight excluding hydrogens is 1480 g/mol. The van der Waals surface area contributed by atoms with Crippen LogP contribution in [0, 0.1) is 0 Å². The number of nitrogens with zero attached hydrogens (tertiary/aromatic N) is 9. The van der Waals surface area contributed by atoms with Crippen LogP contribution in [0.2, 0.25) is 0 Å². The highest BCUT2D eigenvalue weighted by molar-refractivity contribution is 7.07. The smallest absolute Gasteiger partial charge is 0.203 e. The fourth-order valence-corrected chi connectivity index (χ4v) is 19.7. The second-order valence-electron chi connectivity index (χ2n) is 30.2. The summed E-state index contributed by atoms with van der Waals surface area (Å²) in [6.07, 6.45) is 15.1. The molecular formula is C107H73N9O2S. The molecule has 0 N–H and O–H groups in total. The van der Waals surface area contributed by atoms with E-state index >= 15 is 0 Å². The van der Waals surface area contributed by atoms with Gasteiger partial charge in [-0.1, -0.05) is 291 Å². The van der Waals surface area contributed by atoms with Crippen LogP contribution in [0.1, 0.15) is 89.0 Å². The average molecular weight is 1550 g/mol. The number of hydrogen-bond acceptors (Lipinski definition) is 12. The highest BCUT2D eigenvalue weighted by atomic mass is 32.1. The van der Waals surface area contributed by atoms with Crippen molar-refractivity contribution in [1.29, 1.82) is 0 Å². The topological polar surface area (TPSA) is 142 Å². The maximum Gasteiger partial charge on any atom is 0.203 e. The van der Waals surface area contributed by atoms with Crippen molar-refractivity contribution in [1.82, 2.24) is 45.3 Å². The fraction of sp³-hybridized carbons (Fsp3) is 0.0561. The lowest BCUT2D eigenvalue weighted by Gasteiger charge is -2.30. The minimum Gasteiger partial charge on any atom is -0.452 e. The Morgan fingerprint density at radius 2 is 0.538 bits per heavy atom. The second-order valence-corrected chi connectivity index (χ2v) is 30.9. The summed E-state index contributed by atoms with van der Waals surface area (Å²) in [6.45, 7) is 0. The van der Waals surface area contributed by atoms with Crippen LogP contribution in [-0.4, -0.2) is 45.3 Å². The molecule has 20 aromatic rings. The number of pyridine rings is 2. The first kappa shape index (κ1) is 71.7. The molecule has 0 atom stereocenters. The van der Waals surface area contributed by atoms with E-state index in [1.54, 1.807) is 28.3 Å². The van der Waals surface area contributed by atoms with Gasteiger partial charge in [-0.05, 0) is 241 Å². The molecule has 2 spiro atoms. The van der Waals surface area contributed by atoms with Crippen LogP contribution in [0.3, 0.4) is 0 Å². The summed E-state index contributed by atoms with van der Waals surface area (Å²) < 4.78 is 8.83. The molecule has 119 heavy (non-hydrogen) atoms. The van der Waals surface area contributed by atoms with Gasteiger partial charge in [0.2, 0.25) is 12.8 Å². The van der Waals surface area contributed by atoms with Crippen LogP contribution >= 0.6 is 11.3 Å². The molecule has 0 saturated carbocycles. The maximum atomic E-state index is 4.70. The van der Waals surface area contributed by atoms with Gasteiger partial charge in [0.25, 0.3) is 0 Å². The van der Waals surface area contributed by atoms with Gasteiger partial charge in [-0.25, -0.2) is 15.0 Å². The normalized spacial score (nSPS) is 13.0.